The molecule has 122 valence electrons. The Morgan fingerprint density at radius 3 is 2.71 bits per heavy atom. The maximum atomic E-state index is 11.9. The first-order valence-corrected chi connectivity index (χ1v) is 7.73. The summed E-state index contributed by atoms with van der Waals surface area (Å²) in [6.07, 6.45) is 5.47. The summed E-state index contributed by atoms with van der Waals surface area (Å²) in [7, 11) is 0. The lowest BCUT2D eigenvalue weighted by molar-refractivity contribution is -0.120. The Balaban J connectivity index is 1.49. The molecule has 0 saturated heterocycles. The number of fused-ring (bicyclic) bond motifs is 1. The molecule has 0 spiro atoms. The number of hydrogen-bond donors (Lipinski definition) is 1. The van der Waals surface area contributed by atoms with Crippen LogP contribution in [0.1, 0.15) is 11.1 Å². The monoisotopic (exact) mass is 322 g/mol. The number of amides is 1. The fourth-order valence-corrected chi connectivity index (χ4v) is 2.29. The van der Waals surface area contributed by atoms with Crippen molar-refractivity contribution in [3.63, 3.8) is 0 Å². The summed E-state index contributed by atoms with van der Waals surface area (Å²) in [5.74, 6) is 1.21. The Kier molecular flexibility index (Phi) is 5.24. The van der Waals surface area contributed by atoms with Crippen molar-refractivity contribution in [1.82, 2.24) is 5.43 Å². The van der Waals surface area contributed by atoms with Crippen LogP contribution in [0.15, 0.2) is 59.7 Å². The van der Waals surface area contributed by atoms with Gasteiger partial charge in [0.1, 0.15) is 13.2 Å². The molecule has 2 aromatic rings. The van der Waals surface area contributed by atoms with Crippen molar-refractivity contribution in [3.05, 3.63) is 65.7 Å². The minimum absolute atomic E-state index is 0.184. The van der Waals surface area contributed by atoms with E-state index in [-0.39, 0.29) is 12.3 Å². The molecule has 3 rings (SSSR count). The quantitative estimate of drug-likeness (QED) is 0.680. The van der Waals surface area contributed by atoms with Crippen molar-refractivity contribution in [1.29, 1.82) is 0 Å². The van der Waals surface area contributed by atoms with Gasteiger partial charge in [0.15, 0.2) is 11.5 Å². The SMILES string of the molecule is O=C(Cc1ccc2c(c1)OCCO2)NN=CC=Cc1ccccc1. The topological polar surface area (TPSA) is 59.9 Å². The lowest BCUT2D eigenvalue weighted by Crippen LogP contribution is -2.20. The molecule has 0 fully saturated rings. The van der Waals surface area contributed by atoms with Crippen LogP contribution in [0.2, 0.25) is 0 Å². The highest BCUT2D eigenvalue weighted by Gasteiger charge is 2.12. The minimum Gasteiger partial charge on any atom is -0.486 e. The zero-order chi connectivity index (χ0) is 16.6. The van der Waals surface area contributed by atoms with E-state index in [1.807, 2.05) is 54.6 Å². The van der Waals surface area contributed by atoms with E-state index < -0.39 is 0 Å². The second kappa shape index (κ2) is 7.97. The molecular formula is C19H18N2O3. The van der Waals surface area contributed by atoms with E-state index >= 15 is 0 Å². The first-order chi connectivity index (χ1) is 11.8. The van der Waals surface area contributed by atoms with E-state index in [9.17, 15) is 4.79 Å². The summed E-state index contributed by atoms with van der Waals surface area (Å²) in [4.78, 5) is 11.9. The molecule has 0 atom stereocenters. The van der Waals surface area contributed by atoms with Crippen LogP contribution in [0.3, 0.4) is 0 Å². The molecule has 1 amide bonds. The van der Waals surface area contributed by atoms with E-state index in [1.165, 1.54) is 0 Å². The van der Waals surface area contributed by atoms with Crippen molar-refractivity contribution >= 4 is 18.2 Å². The summed E-state index contributed by atoms with van der Waals surface area (Å²) in [5.41, 5.74) is 4.43. The maximum absolute atomic E-state index is 11.9. The third-order valence-corrected chi connectivity index (χ3v) is 3.41. The largest absolute Gasteiger partial charge is 0.486 e. The third-order valence-electron chi connectivity index (χ3n) is 3.41. The van der Waals surface area contributed by atoms with Gasteiger partial charge in [0.25, 0.3) is 0 Å². The Hall–Kier alpha value is -3.08. The molecule has 0 aliphatic carbocycles. The van der Waals surface area contributed by atoms with Gasteiger partial charge in [-0.25, -0.2) is 5.43 Å². The van der Waals surface area contributed by atoms with Gasteiger partial charge in [-0.05, 0) is 29.3 Å². The summed E-state index contributed by atoms with van der Waals surface area (Å²) in [5, 5.41) is 3.90. The van der Waals surface area contributed by atoms with Crippen LogP contribution in [0.25, 0.3) is 6.08 Å². The zero-order valence-corrected chi connectivity index (χ0v) is 13.1. The van der Waals surface area contributed by atoms with Crippen LogP contribution in [-0.2, 0) is 11.2 Å². The fraction of sp³-hybridized carbons (Fsp3) is 0.158. The normalized spacial score (nSPS) is 13.3. The lowest BCUT2D eigenvalue weighted by Gasteiger charge is -2.18. The summed E-state index contributed by atoms with van der Waals surface area (Å²) in [6, 6.07) is 15.4. The summed E-state index contributed by atoms with van der Waals surface area (Å²) >= 11 is 0. The number of hydrazone groups is 1. The molecule has 24 heavy (non-hydrogen) atoms. The highest BCUT2D eigenvalue weighted by Crippen LogP contribution is 2.30. The molecule has 0 unspecified atom stereocenters. The lowest BCUT2D eigenvalue weighted by atomic mass is 10.1. The van der Waals surface area contributed by atoms with E-state index in [2.05, 4.69) is 10.5 Å². The Morgan fingerprint density at radius 2 is 1.88 bits per heavy atom. The second-order valence-electron chi connectivity index (χ2n) is 5.24. The van der Waals surface area contributed by atoms with Crippen LogP contribution >= 0.6 is 0 Å². The Morgan fingerprint density at radius 1 is 1.08 bits per heavy atom. The first kappa shape index (κ1) is 15.8. The average Bonchev–Trinajstić information content (AvgIpc) is 2.62. The molecule has 0 aromatic heterocycles. The van der Waals surface area contributed by atoms with E-state index in [1.54, 1.807) is 12.3 Å². The van der Waals surface area contributed by atoms with Gasteiger partial charge in [-0.2, -0.15) is 5.10 Å². The molecule has 0 saturated carbocycles. The molecule has 1 heterocycles. The maximum Gasteiger partial charge on any atom is 0.244 e. The number of ether oxygens (including phenoxy) is 2. The molecule has 5 heteroatoms. The Bertz CT molecular complexity index is 754. The number of hydrogen-bond acceptors (Lipinski definition) is 4. The number of rotatable bonds is 5. The van der Waals surface area contributed by atoms with Crippen molar-refractivity contribution in [2.45, 2.75) is 6.42 Å². The summed E-state index contributed by atoms with van der Waals surface area (Å²) in [6.45, 7) is 1.08. The molecule has 1 aliphatic rings. The number of nitrogens with zero attached hydrogens (tertiary/aromatic N) is 1. The smallest absolute Gasteiger partial charge is 0.244 e. The van der Waals surface area contributed by atoms with Gasteiger partial charge in [0, 0.05) is 6.21 Å². The van der Waals surface area contributed by atoms with Crippen molar-refractivity contribution < 1.29 is 14.3 Å². The molecule has 0 radical (unpaired) electrons. The predicted molar refractivity (Wildman–Crippen MR) is 93.2 cm³/mol. The van der Waals surface area contributed by atoms with Crippen LogP contribution in [-0.4, -0.2) is 25.3 Å². The van der Waals surface area contributed by atoms with Crippen LogP contribution in [0.4, 0.5) is 0 Å². The fourth-order valence-electron chi connectivity index (χ4n) is 2.29. The first-order valence-electron chi connectivity index (χ1n) is 7.73. The molecular weight excluding hydrogens is 304 g/mol. The van der Waals surface area contributed by atoms with Gasteiger partial charge in [-0.1, -0.05) is 42.5 Å². The zero-order valence-electron chi connectivity index (χ0n) is 13.1. The predicted octanol–water partition coefficient (Wildman–Crippen LogP) is 2.82. The highest BCUT2D eigenvalue weighted by molar-refractivity contribution is 5.82. The standard InChI is InChI=1S/C19H18N2O3/c22-19(21-20-10-4-7-15-5-2-1-3-6-15)14-16-8-9-17-18(13-16)24-12-11-23-17/h1-10,13H,11-12,14H2,(H,21,22). The van der Waals surface area contributed by atoms with Crippen LogP contribution in [0, 0.1) is 0 Å². The molecule has 5 nitrogen and oxygen atoms in total. The van der Waals surface area contributed by atoms with Gasteiger partial charge < -0.3 is 9.47 Å². The van der Waals surface area contributed by atoms with Crippen LogP contribution in [0.5, 0.6) is 11.5 Å². The minimum atomic E-state index is -0.184. The average molecular weight is 322 g/mol. The summed E-state index contributed by atoms with van der Waals surface area (Å²) < 4.78 is 11.0. The van der Waals surface area contributed by atoms with Gasteiger partial charge in [-0.3, -0.25) is 4.79 Å². The van der Waals surface area contributed by atoms with Gasteiger partial charge in [0.2, 0.25) is 5.91 Å². The molecule has 2 aromatic carbocycles. The van der Waals surface area contributed by atoms with Gasteiger partial charge in [-0.15, -0.1) is 0 Å². The highest BCUT2D eigenvalue weighted by atomic mass is 16.6. The van der Waals surface area contributed by atoms with E-state index in [0.29, 0.717) is 19.0 Å². The molecule has 1 N–H and O–H groups in total. The number of benzene rings is 2. The van der Waals surface area contributed by atoms with E-state index in [0.717, 1.165) is 16.9 Å². The number of allylic oxidation sites excluding steroid dienone is 1. The third kappa shape index (κ3) is 4.46. The van der Waals surface area contributed by atoms with Crippen LogP contribution < -0.4 is 14.9 Å². The molecule has 0 bridgehead atoms. The molecule has 1 aliphatic heterocycles. The Labute approximate surface area is 140 Å². The van der Waals surface area contributed by atoms with Crippen molar-refractivity contribution in [3.8, 4) is 11.5 Å². The number of carbonyl (C=O) groups is 1. The van der Waals surface area contributed by atoms with Crippen molar-refractivity contribution in [2.75, 3.05) is 13.2 Å². The van der Waals surface area contributed by atoms with Gasteiger partial charge in [0.05, 0.1) is 6.42 Å². The number of carbonyl (C=O) groups excluding carboxylic acids is 1. The van der Waals surface area contributed by atoms with Crippen molar-refractivity contribution in [2.24, 2.45) is 5.10 Å². The second-order valence-corrected chi connectivity index (χ2v) is 5.24. The van der Waals surface area contributed by atoms with E-state index in [4.69, 9.17) is 9.47 Å². The van der Waals surface area contributed by atoms with Gasteiger partial charge >= 0.3 is 0 Å². The number of nitrogens with one attached hydrogen (secondary N) is 1.